The quantitative estimate of drug-likeness (QED) is 0.872. The first-order valence-electron chi connectivity index (χ1n) is 8.74. The van der Waals surface area contributed by atoms with Gasteiger partial charge in [0, 0.05) is 25.5 Å². The van der Waals surface area contributed by atoms with Crippen LogP contribution in [0.3, 0.4) is 0 Å². The van der Waals surface area contributed by atoms with E-state index in [2.05, 4.69) is 38.0 Å². The van der Waals surface area contributed by atoms with E-state index in [1.54, 1.807) is 0 Å². The van der Waals surface area contributed by atoms with Gasteiger partial charge < -0.3 is 14.5 Å². The molecule has 1 aromatic heterocycles. The number of oxazole rings is 1. The van der Waals surface area contributed by atoms with Crippen LogP contribution in [0.2, 0.25) is 0 Å². The molecule has 1 aromatic rings. The fraction of sp³-hybridized carbons (Fsp3) is 0.778. The minimum absolute atomic E-state index is 0.168. The van der Waals surface area contributed by atoms with Gasteiger partial charge in [-0.2, -0.15) is 0 Å². The molecular weight excluding hydrogens is 292 g/mol. The summed E-state index contributed by atoms with van der Waals surface area (Å²) in [6, 6.07) is 0. The average molecular weight is 322 g/mol. The van der Waals surface area contributed by atoms with E-state index in [1.807, 2.05) is 6.92 Å². The van der Waals surface area contributed by atoms with Crippen LogP contribution in [0.15, 0.2) is 4.42 Å². The number of hydrogen-bond donors (Lipinski definition) is 1. The number of amides is 1. The molecule has 0 bridgehead atoms. The maximum Gasteiger partial charge on any atom is 0.289 e. The summed E-state index contributed by atoms with van der Waals surface area (Å²) in [5.74, 6) is 2.10. The van der Waals surface area contributed by atoms with E-state index < -0.39 is 0 Å². The monoisotopic (exact) mass is 322 g/mol. The molecule has 0 radical (unpaired) electrons. The Balaban J connectivity index is 1.95. The summed E-state index contributed by atoms with van der Waals surface area (Å²) in [6.45, 7) is 11.8. The highest BCUT2D eigenvalue weighted by Gasteiger charge is 2.29. The molecule has 2 rings (SSSR count). The molecular formula is C18H30N2O3. The summed E-state index contributed by atoms with van der Waals surface area (Å²) < 4.78 is 11.5. The van der Waals surface area contributed by atoms with Gasteiger partial charge in [0.25, 0.3) is 5.91 Å². The Kier molecular flexibility index (Phi) is 6.22. The largest absolute Gasteiger partial charge is 0.435 e. The molecule has 130 valence electrons. The standard InChI is InChI=1S/C18H30N2O3/c1-11(2)9-15-20-13(5)17(23-15)18(21)19-10-14-7-6-8-22-16(14)12(3)4/h11-12,14,16H,6-10H2,1-5H3,(H,19,21)/t14-,16+/m0/s1. The molecule has 5 nitrogen and oxygen atoms in total. The van der Waals surface area contributed by atoms with Crippen LogP contribution in [0, 0.1) is 24.7 Å². The van der Waals surface area contributed by atoms with Gasteiger partial charge >= 0.3 is 0 Å². The van der Waals surface area contributed by atoms with Crippen molar-refractivity contribution < 1.29 is 13.9 Å². The first-order chi connectivity index (χ1) is 10.9. The summed E-state index contributed by atoms with van der Waals surface area (Å²) in [7, 11) is 0. The van der Waals surface area contributed by atoms with Gasteiger partial charge in [0.05, 0.1) is 11.8 Å². The van der Waals surface area contributed by atoms with Gasteiger partial charge in [0.1, 0.15) is 0 Å². The smallest absolute Gasteiger partial charge is 0.289 e. The molecule has 0 aliphatic carbocycles. The van der Waals surface area contributed by atoms with Gasteiger partial charge in [-0.1, -0.05) is 27.7 Å². The van der Waals surface area contributed by atoms with Crippen molar-refractivity contribution in [3.05, 3.63) is 17.3 Å². The number of nitrogens with one attached hydrogen (secondary N) is 1. The molecule has 5 heteroatoms. The summed E-state index contributed by atoms with van der Waals surface area (Å²) in [5.41, 5.74) is 0.665. The van der Waals surface area contributed by atoms with Crippen molar-refractivity contribution in [2.75, 3.05) is 13.2 Å². The predicted octanol–water partition coefficient (Wildman–Crippen LogP) is 3.36. The first kappa shape index (κ1) is 18.0. The third-order valence-corrected chi connectivity index (χ3v) is 4.31. The second-order valence-electron chi connectivity index (χ2n) is 7.31. The van der Waals surface area contributed by atoms with E-state index in [0.717, 1.165) is 25.9 Å². The number of nitrogens with zero attached hydrogens (tertiary/aromatic N) is 1. The SMILES string of the molecule is Cc1nc(CC(C)C)oc1C(=O)NC[C@@H]1CCCO[C@@H]1C(C)C. The van der Waals surface area contributed by atoms with Crippen LogP contribution in [0.25, 0.3) is 0 Å². The molecule has 23 heavy (non-hydrogen) atoms. The lowest BCUT2D eigenvalue weighted by Crippen LogP contribution is -2.41. The number of carbonyl (C=O) groups excluding carboxylic acids is 1. The number of ether oxygens (including phenoxy) is 1. The Morgan fingerprint density at radius 1 is 1.35 bits per heavy atom. The van der Waals surface area contributed by atoms with Gasteiger partial charge in [-0.05, 0) is 31.6 Å². The summed E-state index contributed by atoms with van der Waals surface area (Å²) >= 11 is 0. The topological polar surface area (TPSA) is 64.4 Å². The van der Waals surface area contributed by atoms with Crippen LogP contribution in [-0.4, -0.2) is 30.1 Å². The molecule has 1 aliphatic rings. The Bertz CT molecular complexity index is 522. The zero-order chi connectivity index (χ0) is 17.0. The normalized spacial score (nSPS) is 21.9. The van der Waals surface area contributed by atoms with E-state index in [0.29, 0.717) is 41.6 Å². The molecule has 1 fully saturated rings. The highest BCUT2D eigenvalue weighted by Crippen LogP contribution is 2.26. The van der Waals surface area contributed by atoms with Crippen LogP contribution >= 0.6 is 0 Å². The third-order valence-electron chi connectivity index (χ3n) is 4.31. The first-order valence-corrected chi connectivity index (χ1v) is 8.74. The van der Waals surface area contributed by atoms with E-state index in [4.69, 9.17) is 9.15 Å². The Labute approximate surface area is 139 Å². The zero-order valence-corrected chi connectivity index (χ0v) is 15.0. The van der Waals surface area contributed by atoms with Crippen LogP contribution in [0.4, 0.5) is 0 Å². The third kappa shape index (κ3) is 4.80. The van der Waals surface area contributed by atoms with Crippen molar-refractivity contribution >= 4 is 5.91 Å². The van der Waals surface area contributed by atoms with Gasteiger partial charge in [0.15, 0.2) is 5.89 Å². The molecule has 1 aliphatic heterocycles. The molecule has 2 atom stereocenters. The lowest BCUT2D eigenvalue weighted by Gasteiger charge is -2.34. The van der Waals surface area contributed by atoms with Crippen molar-refractivity contribution in [1.82, 2.24) is 10.3 Å². The average Bonchev–Trinajstić information content (AvgIpc) is 2.84. The van der Waals surface area contributed by atoms with Gasteiger partial charge in [-0.25, -0.2) is 4.98 Å². The Morgan fingerprint density at radius 2 is 2.09 bits per heavy atom. The molecule has 0 saturated carbocycles. The fourth-order valence-corrected chi connectivity index (χ4v) is 3.22. The van der Waals surface area contributed by atoms with Crippen molar-refractivity contribution in [3.8, 4) is 0 Å². The molecule has 0 aromatic carbocycles. The lowest BCUT2D eigenvalue weighted by atomic mass is 9.87. The molecule has 1 saturated heterocycles. The van der Waals surface area contributed by atoms with Crippen LogP contribution in [0.5, 0.6) is 0 Å². The predicted molar refractivity (Wildman–Crippen MR) is 89.4 cm³/mol. The van der Waals surface area contributed by atoms with Crippen LogP contribution in [-0.2, 0) is 11.2 Å². The van der Waals surface area contributed by atoms with Crippen molar-refractivity contribution in [3.63, 3.8) is 0 Å². The van der Waals surface area contributed by atoms with E-state index in [-0.39, 0.29) is 12.0 Å². The maximum absolute atomic E-state index is 12.4. The Morgan fingerprint density at radius 3 is 2.74 bits per heavy atom. The molecule has 2 heterocycles. The lowest BCUT2D eigenvalue weighted by molar-refractivity contribution is -0.0510. The maximum atomic E-state index is 12.4. The number of rotatable bonds is 6. The number of aromatic nitrogens is 1. The van der Waals surface area contributed by atoms with Gasteiger partial charge in [-0.3, -0.25) is 4.79 Å². The van der Waals surface area contributed by atoms with Crippen molar-refractivity contribution in [2.45, 2.75) is 60.0 Å². The second-order valence-corrected chi connectivity index (χ2v) is 7.31. The number of carbonyl (C=O) groups is 1. The van der Waals surface area contributed by atoms with E-state index in [9.17, 15) is 4.79 Å². The molecule has 1 amide bonds. The van der Waals surface area contributed by atoms with Crippen molar-refractivity contribution in [1.29, 1.82) is 0 Å². The molecule has 0 spiro atoms. The zero-order valence-electron chi connectivity index (χ0n) is 15.0. The van der Waals surface area contributed by atoms with Gasteiger partial charge in [-0.15, -0.1) is 0 Å². The van der Waals surface area contributed by atoms with Crippen molar-refractivity contribution in [2.24, 2.45) is 17.8 Å². The molecule has 1 N–H and O–H groups in total. The minimum Gasteiger partial charge on any atom is -0.435 e. The number of hydrogen-bond acceptors (Lipinski definition) is 4. The van der Waals surface area contributed by atoms with E-state index >= 15 is 0 Å². The summed E-state index contributed by atoms with van der Waals surface area (Å²) in [4.78, 5) is 16.8. The minimum atomic E-state index is -0.168. The summed E-state index contributed by atoms with van der Waals surface area (Å²) in [6.07, 6.45) is 3.12. The van der Waals surface area contributed by atoms with Gasteiger partial charge in [0.2, 0.25) is 5.76 Å². The van der Waals surface area contributed by atoms with Crippen LogP contribution < -0.4 is 5.32 Å². The highest BCUT2D eigenvalue weighted by atomic mass is 16.5. The van der Waals surface area contributed by atoms with E-state index in [1.165, 1.54) is 0 Å². The highest BCUT2D eigenvalue weighted by molar-refractivity contribution is 5.92. The van der Waals surface area contributed by atoms with Crippen LogP contribution in [0.1, 0.15) is 62.7 Å². The molecule has 0 unspecified atom stereocenters. The second kappa shape index (κ2) is 7.95. The Hall–Kier alpha value is -1.36. The fourth-order valence-electron chi connectivity index (χ4n) is 3.22. The number of aryl methyl sites for hydroxylation is 1. The summed E-state index contributed by atoms with van der Waals surface area (Å²) in [5, 5.41) is 3.01.